The molecule has 2 aromatic heterocycles. The third kappa shape index (κ3) is 5.58. The summed E-state index contributed by atoms with van der Waals surface area (Å²) in [4.78, 5) is 30.2. The van der Waals surface area contributed by atoms with Crippen molar-refractivity contribution in [2.24, 2.45) is 0 Å². The van der Waals surface area contributed by atoms with E-state index in [1.807, 2.05) is 43.9 Å². The molecule has 4 rings (SSSR count). The van der Waals surface area contributed by atoms with Crippen LogP contribution in [0.1, 0.15) is 34.4 Å². The zero-order valence-corrected chi connectivity index (χ0v) is 19.3. The molecule has 0 saturated carbocycles. The van der Waals surface area contributed by atoms with Gasteiger partial charge in [-0.3, -0.25) is 9.78 Å². The number of amides is 1. The van der Waals surface area contributed by atoms with E-state index in [0.717, 1.165) is 36.0 Å². The Kier molecular flexibility index (Phi) is 7.02. The van der Waals surface area contributed by atoms with Crippen LogP contribution in [0.15, 0.2) is 48.8 Å². The Bertz CT molecular complexity index is 1080. The van der Waals surface area contributed by atoms with Gasteiger partial charge < -0.3 is 19.3 Å². The van der Waals surface area contributed by atoms with E-state index in [-0.39, 0.29) is 5.91 Å². The molecule has 0 radical (unpaired) electrons. The summed E-state index contributed by atoms with van der Waals surface area (Å²) in [5.41, 5.74) is 2.51. The van der Waals surface area contributed by atoms with Crippen molar-refractivity contribution in [1.29, 1.82) is 0 Å². The summed E-state index contributed by atoms with van der Waals surface area (Å²) in [6.45, 7) is 9.36. The van der Waals surface area contributed by atoms with Gasteiger partial charge in [0.1, 0.15) is 18.2 Å². The molecule has 1 aliphatic heterocycles. The Hall–Kier alpha value is -3.68. The first-order valence-electron chi connectivity index (χ1n) is 11.2. The molecular formula is C25H29N5O3. The first-order valence-corrected chi connectivity index (χ1v) is 11.2. The Balaban J connectivity index is 1.42. The number of hydrogen-bond donors (Lipinski definition) is 0. The highest BCUT2D eigenvalue weighted by Gasteiger charge is 2.24. The van der Waals surface area contributed by atoms with E-state index in [9.17, 15) is 4.79 Å². The lowest BCUT2D eigenvalue weighted by atomic mass is 10.1. The summed E-state index contributed by atoms with van der Waals surface area (Å²) in [6.07, 6.45) is 3.49. The number of rotatable bonds is 7. The smallest absolute Gasteiger partial charge is 0.254 e. The van der Waals surface area contributed by atoms with Crippen molar-refractivity contribution in [2.45, 2.75) is 27.4 Å². The summed E-state index contributed by atoms with van der Waals surface area (Å²) in [5, 5.41) is 0. The van der Waals surface area contributed by atoms with Gasteiger partial charge in [-0.15, -0.1) is 0 Å². The second kappa shape index (κ2) is 10.3. The van der Waals surface area contributed by atoms with Crippen LogP contribution in [0.25, 0.3) is 0 Å². The number of piperazine rings is 1. The van der Waals surface area contributed by atoms with Gasteiger partial charge in [-0.25, -0.2) is 9.97 Å². The van der Waals surface area contributed by atoms with Crippen molar-refractivity contribution in [2.75, 3.05) is 37.7 Å². The van der Waals surface area contributed by atoms with Gasteiger partial charge in [0.05, 0.1) is 6.61 Å². The topological polar surface area (TPSA) is 80.7 Å². The molecule has 0 aliphatic carbocycles. The van der Waals surface area contributed by atoms with Crippen molar-refractivity contribution >= 4 is 11.7 Å². The molecule has 0 bridgehead atoms. The maximum atomic E-state index is 13.2. The maximum absolute atomic E-state index is 13.2. The van der Waals surface area contributed by atoms with Gasteiger partial charge in [0.15, 0.2) is 11.5 Å². The fraction of sp³-hybridized carbons (Fsp3) is 0.360. The lowest BCUT2D eigenvalue weighted by Crippen LogP contribution is -2.49. The van der Waals surface area contributed by atoms with Gasteiger partial charge in [-0.05, 0) is 45.0 Å². The molecule has 0 unspecified atom stereocenters. The van der Waals surface area contributed by atoms with Crippen molar-refractivity contribution in [3.63, 3.8) is 0 Å². The largest absolute Gasteiger partial charge is 0.490 e. The van der Waals surface area contributed by atoms with Crippen LogP contribution in [-0.4, -0.2) is 58.5 Å². The number of carbonyl (C=O) groups excluding carboxylic acids is 1. The average molecular weight is 448 g/mol. The molecule has 0 spiro atoms. The van der Waals surface area contributed by atoms with E-state index in [0.29, 0.717) is 43.4 Å². The summed E-state index contributed by atoms with van der Waals surface area (Å²) in [7, 11) is 0. The van der Waals surface area contributed by atoms with E-state index < -0.39 is 0 Å². The molecule has 0 N–H and O–H groups in total. The zero-order valence-electron chi connectivity index (χ0n) is 19.3. The van der Waals surface area contributed by atoms with Gasteiger partial charge in [0.25, 0.3) is 5.91 Å². The van der Waals surface area contributed by atoms with Crippen LogP contribution in [0.4, 0.5) is 5.82 Å². The number of anilines is 1. The molecule has 0 atom stereocenters. The predicted molar refractivity (Wildman–Crippen MR) is 126 cm³/mol. The highest BCUT2D eigenvalue weighted by Crippen LogP contribution is 2.30. The van der Waals surface area contributed by atoms with E-state index in [1.54, 1.807) is 30.6 Å². The number of ether oxygens (including phenoxy) is 2. The van der Waals surface area contributed by atoms with Gasteiger partial charge in [0, 0.05) is 61.5 Å². The third-order valence-corrected chi connectivity index (χ3v) is 5.45. The molecule has 172 valence electrons. The zero-order chi connectivity index (χ0) is 23.2. The Labute approximate surface area is 194 Å². The molecule has 1 amide bonds. The predicted octanol–water partition coefficient (Wildman–Crippen LogP) is 3.43. The van der Waals surface area contributed by atoms with Crippen molar-refractivity contribution in [3.8, 4) is 11.5 Å². The number of aryl methyl sites for hydroxylation is 2. The second-order valence-corrected chi connectivity index (χ2v) is 7.94. The van der Waals surface area contributed by atoms with Crippen LogP contribution in [-0.2, 0) is 6.61 Å². The molecule has 33 heavy (non-hydrogen) atoms. The molecule has 1 aromatic carbocycles. The summed E-state index contributed by atoms with van der Waals surface area (Å²) in [6, 6.07) is 11.2. The van der Waals surface area contributed by atoms with Crippen LogP contribution < -0.4 is 14.4 Å². The van der Waals surface area contributed by atoms with Crippen LogP contribution in [0.5, 0.6) is 11.5 Å². The first kappa shape index (κ1) is 22.5. The number of carbonyl (C=O) groups is 1. The number of pyridine rings is 1. The van der Waals surface area contributed by atoms with E-state index >= 15 is 0 Å². The monoisotopic (exact) mass is 447 g/mol. The van der Waals surface area contributed by atoms with E-state index in [2.05, 4.69) is 19.9 Å². The Morgan fingerprint density at radius 3 is 2.52 bits per heavy atom. The van der Waals surface area contributed by atoms with Crippen LogP contribution in [0.3, 0.4) is 0 Å². The lowest BCUT2D eigenvalue weighted by Gasteiger charge is -2.35. The van der Waals surface area contributed by atoms with Gasteiger partial charge in [0.2, 0.25) is 0 Å². The summed E-state index contributed by atoms with van der Waals surface area (Å²) >= 11 is 0. The highest BCUT2D eigenvalue weighted by atomic mass is 16.5. The Morgan fingerprint density at radius 2 is 1.82 bits per heavy atom. The minimum Gasteiger partial charge on any atom is -0.490 e. The second-order valence-electron chi connectivity index (χ2n) is 7.94. The maximum Gasteiger partial charge on any atom is 0.254 e. The fourth-order valence-electron chi connectivity index (χ4n) is 3.85. The molecule has 1 saturated heterocycles. The molecule has 8 nitrogen and oxygen atoms in total. The van der Waals surface area contributed by atoms with Gasteiger partial charge >= 0.3 is 0 Å². The standard InChI is InChI=1S/C25H29N5O3/c1-4-32-23-15-21(7-8-22(23)33-17-20-6-5-9-26-16-20)25(31)30-12-10-29(11-13-30)24-14-18(2)27-19(3)28-24/h5-9,14-16H,4,10-13,17H2,1-3H3. The van der Waals surface area contributed by atoms with Crippen molar-refractivity contribution < 1.29 is 14.3 Å². The highest BCUT2D eigenvalue weighted by molar-refractivity contribution is 5.95. The average Bonchev–Trinajstić information content (AvgIpc) is 2.83. The quantitative estimate of drug-likeness (QED) is 0.549. The molecule has 3 aromatic rings. The van der Waals surface area contributed by atoms with Gasteiger partial charge in [-0.1, -0.05) is 6.07 Å². The molecule has 1 fully saturated rings. The lowest BCUT2D eigenvalue weighted by molar-refractivity contribution is 0.0746. The normalized spacial score (nSPS) is 13.7. The molecule has 1 aliphatic rings. The van der Waals surface area contributed by atoms with Crippen molar-refractivity contribution in [3.05, 3.63) is 71.4 Å². The minimum absolute atomic E-state index is 0.00976. The summed E-state index contributed by atoms with van der Waals surface area (Å²) in [5.74, 6) is 2.84. The number of hydrogen-bond acceptors (Lipinski definition) is 7. The molecule has 3 heterocycles. The van der Waals surface area contributed by atoms with Gasteiger partial charge in [-0.2, -0.15) is 0 Å². The number of benzene rings is 1. The SMILES string of the molecule is CCOc1cc(C(=O)N2CCN(c3cc(C)nc(C)n3)CC2)ccc1OCc1cccnc1. The van der Waals surface area contributed by atoms with Crippen LogP contribution in [0.2, 0.25) is 0 Å². The third-order valence-electron chi connectivity index (χ3n) is 5.45. The van der Waals surface area contributed by atoms with E-state index in [4.69, 9.17) is 9.47 Å². The first-order chi connectivity index (χ1) is 16.0. The summed E-state index contributed by atoms with van der Waals surface area (Å²) < 4.78 is 11.7. The van der Waals surface area contributed by atoms with Crippen molar-refractivity contribution in [1.82, 2.24) is 19.9 Å². The number of nitrogens with zero attached hydrogens (tertiary/aromatic N) is 5. The van der Waals surface area contributed by atoms with Crippen LogP contribution >= 0.6 is 0 Å². The molecular weight excluding hydrogens is 418 g/mol. The fourth-order valence-corrected chi connectivity index (χ4v) is 3.85. The minimum atomic E-state index is -0.00976. The molecule has 8 heteroatoms. The Morgan fingerprint density at radius 1 is 1.00 bits per heavy atom. The number of aromatic nitrogens is 3. The van der Waals surface area contributed by atoms with E-state index in [1.165, 1.54) is 0 Å². The van der Waals surface area contributed by atoms with Crippen LogP contribution in [0, 0.1) is 13.8 Å².